The third-order valence-electron chi connectivity index (χ3n) is 5.14. The van der Waals surface area contributed by atoms with Crippen LogP contribution in [-0.4, -0.2) is 4.98 Å². The number of benzene rings is 1. The molecule has 2 rings (SSSR count). The van der Waals surface area contributed by atoms with Gasteiger partial charge in [-0.2, -0.15) is 13.2 Å². The minimum absolute atomic E-state index is 0.498. The Bertz CT molecular complexity index is 800. The van der Waals surface area contributed by atoms with Gasteiger partial charge in [0.25, 0.3) is 0 Å². The lowest BCUT2D eigenvalue weighted by molar-refractivity contribution is -0.137. The maximum absolute atomic E-state index is 12.6. The van der Waals surface area contributed by atoms with E-state index >= 15 is 0 Å². The average molecular weight is 431 g/mol. The van der Waals surface area contributed by atoms with Crippen molar-refractivity contribution in [3.63, 3.8) is 0 Å². The molecule has 2 nitrogen and oxygen atoms in total. The van der Waals surface area contributed by atoms with Crippen LogP contribution < -0.4 is 5.32 Å². The van der Waals surface area contributed by atoms with Crippen LogP contribution in [0.2, 0.25) is 0 Å². The molecule has 0 amide bonds. The highest BCUT2D eigenvalue weighted by Crippen LogP contribution is 2.29. The van der Waals surface area contributed by atoms with E-state index in [1.54, 1.807) is 6.20 Å². The smallest absolute Gasteiger partial charge is 0.309 e. The first-order chi connectivity index (χ1) is 15.0. The number of nitrogens with one attached hydrogen (secondary N) is 1. The third kappa shape index (κ3) is 10.5. The number of hydrogen-bond acceptors (Lipinski definition) is 2. The Morgan fingerprint density at radius 2 is 1.42 bits per heavy atom. The number of hydrogen-bond donors (Lipinski definition) is 1. The van der Waals surface area contributed by atoms with E-state index in [0.717, 1.165) is 41.8 Å². The monoisotopic (exact) mass is 430 g/mol. The molecule has 5 heteroatoms. The first kappa shape index (κ1) is 24.9. The number of aromatic nitrogens is 1. The van der Waals surface area contributed by atoms with Crippen LogP contribution in [0.3, 0.4) is 0 Å². The standard InChI is InChI=1S/C26H33F3N2/c1-2-3-4-5-6-7-8-9-10-11-12-25-18-15-23(21-31-25)20-30-19-22-13-16-24(17-14-22)26(27,28)29/h13-18,21,30H,2-10,19-20H2,1H3. The predicted octanol–water partition coefficient (Wildman–Crippen LogP) is 7.27. The number of alkyl halides is 3. The first-order valence-corrected chi connectivity index (χ1v) is 11.3. The van der Waals surface area contributed by atoms with Gasteiger partial charge in [0.2, 0.25) is 0 Å². The zero-order valence-electron chi connectivity index (χ0n) is 18.4. The fourth-order valence-corrected chi connectivity index (χ4v) is 3.27. The van der Waals surface area contributed by atoms with Gasteiger partial charge in [-0.05, 0) is 41.7 Å². The Kier molecular flexibility index (Phi) is 11.2. The molecule has 168 valence electrons. The SMILES string of the molecule is CCCCCCCCCCC#Cc1ccc(CNCc2ccc(C(F)(F)F)cc2)cn1. The van der Waals surface area contributed by atoms with Crippen molar-refractivity contribution >= 4 is 0 Å². The van der Waals surface area contributed by atoms with Crippen LogP contribution in [0.15, 0.2) is 42.6 Å². The summed E-state index contributed by atoms with van der Waals surface area (Å²) in [6, 6.07) is 9.11. The molecule has 0 bridgehead atoms. The van der Waals surface area contributed by atoms with Gasteiger partial charge < -0.3 is 5.32 Å². The maximum Gasteiger partial charge on any atom is 0.416 e. The number of rotatable bonds is 12. The third-order valence-corrected chi connectivity index (χ3v) is 5.14. The Balaban J connectivity index is 1.62. The molecule has 0 atom stereocenters. The Hall–Kier alpha value is -2.32. The van der Waals surface area contributed by atoms with Crippen LogP contribution in [-0.2, 0) is 19.3 Å². The van der Waals surface area contributed by atoms with Crippen molar-refractivity contribution in [3.8, 4) is 11.8 Å². The molecular formula is C26H33F3N2. The first-order valence-electron chi connectivity index (χ1n) is 11.3. The summed E-state index contributed by atoms with van der Waals surface area (Å²) in [5.41, 5.74) is 1.97. The van der Waals surface area contributed by atoms with E-state index < -0.39 is 11.7 Å². The number of unbranched alkanes of at least 4 members (excludes halogenated alkanes) is 8. The van der Waals surface area contributed by atoms with Crippen molar-refractivity contribution in [1.82, 2.24) is 10.3 Å². The number of pyridine rings is 1. The van der Waals surface area contributed by atoms with Crippen molar-refractivity contribution in [1.29, 1.82) is 0 Å². The second kappa shape index (κ2) is 13.9. The molecule has 0 unspecified atom stereocenters. The van der Waals surface area contributed by atoms with E-state index in [2.05, 4.69) is 29.1 Å². The van der Waals surface area contributed by atoms with Crippen LogP contribution in [0.25, 0.3) is 0 Å². The van der Waals surface area contributed by atoms with Crippen LogP contribution in [0, 0.1) is 11.8 Å². The molecule has 1 heterocycles. The van der Waals surface area contributed by atoms with Gasteiger partial charge in [0.05, 0.1) is 5.56 Å². The molecule has 1 aromatic heterocycles. The molecule has 0 aliphatic heterocycles. The second-order valence-electron chi connectivity index (χ2n) is 7.88. The maximum atomic E-state index is 12.6. The van der Waals surface area contributed by atoms with Crippen molar-refractivity contribution in [2.75, 3.05) is 0 Å². The highest BCUT2D eigenvalue weighted by Gasteiger charge is 2.29. The zero-order chi connectivity index (χ0) is 22.4. The van der Waals surface area contributed by atoms with Crippen molar-refractivity contribution in [2.24, 2.45) is 0 Å². The molecule has 0 spiro atoms. The fourth-order valence-electron chi connectivity index (χ4n) is 3.27. The van der Waals surface area contributed by atoms with Gasteiger partial charge in [0.1, 0.15) is 5.69 Å². The van der Waals surface area contributed by atoms with Crippen LogP contribution >= 0.6 is 0 Å². The molecule has 0 radical (unpaired) electrons. The quantitative estimate of drug-likeness (QED) is 0.283. The van der Waals surface area contributed by atoms with Gasteiger partial charge in [-0.3, -0.25) is 0 Å². The lowest BCUT2D eigenvalue weighted by Gasteiger charge is -2.08. The second-order valence-corrected chi connectivity index (χ2v) is 7.88. The summed E-state index contributed by atoms with van der Waals surface area (Å²) < 4.78 is 37.8. The van der Waals surface area contributed by atoms with E-state index in [9.17, 15) is 13.2 Å². The summed E-state index contributed by atoms with van der Waals surface area (Å²) in [5.74, 6) is 6.32. The highest BCUT2D eigenvalue weighted by atomic mass is 19.4. The number of halogens is 3. The fraction of sp³-hybridized carbons (Fsp3) is 0.500. The molecule has 0 saturated heterocycles. The van der Waals surface area contributed by atoms with Gasteiger partial charge in [0, 0.05) is 25.7 Å². The van der Waals surface area contributed by atoms with Gasteiger partial charge >= 0.3 is 6.18 Å². The lowest BCUT2D eigenvalue weighted by Crippen LogP contribution is -2.13. The molecule has 0 saturated carbocycles. The molecular weight excluding hydrogens is 397 g/mol. The summed E-state index contributed by atoms with van der Waals surface area (Å²) >= 11 is 0. The topological polar surface area (TPSA) is 24.9 Å². The minimum Gasteiger partial charge on any atom is -0.309 e. The molecule has 0 aliphatic rings. The zero-order valence-corrected chi connectivity index (χ0v) is 18.4. The van der Waals surface area contributed by atoms with Crippen LogP contribution in [0.4, 0.5) is 13.2 Å². The molecule has 2 aromatic rings. The minimum atomic E-state index is -4.30. The van der Waals surface area contributed by atoms with Gasteiger partial charge in [-0.15, -0.1) is 0 Å². The molecule has 31 heavy (non-hydrogen) atoms. The average Bonchev–Trinajstić information content (AvgIpc) is 2.76. The van der Waals surface area contributed by atoms with E-state index in [4.69, 9.17) is 0 Å². The van der Waals surface area contributed by atoms with Gasteiger partial charge in [-0.1, -0.05) is 76.0 Å². The lowest BCUT2D eigenvalue weighted by atomic mass is 10.1. The summed E-state index contributed by atoms with van der Waals surface area (Å²) in [6.45, 7) is 3.34. The molecule has 0 fully saturated rings. The summed E-state index contributed by atoms with van der Waals surface area (Å²) in [4.78, 5) is 4.38. The number of nitrogens with zero attached hydrogens (tertiary/aromatic N) is 1. The Morgan fingerprint density at radius 3 is 2.03 bits per heavy atom. The van der Waals surface area contributed by atoms with Gasteiger partial charge in [-0.25, -0.2) is 4.98 Å². The van der Waals surface area contributed by atoms with E-state index in [1.807, 2.05) is 12.1 Å². The largest absolute Gasteiger partial charge is 0.416 e. The molecule has 1 aromatic carbocycles. The van der Waals surface area contributed by atoms with E-state index in [0.29, 0.717) is 13.1 Å². The van der Waals surface area contributed by atoms with Crippen LogP contribution in [0.5, 0.6) is 0 Å². The predicted molar refractivity (Wildman–Crippen MR) is 120 cm³/mol. The molecule has 0 aliphatic carbocycles. The van der Waals surface area contributed by atoms with E-state index in [1.165, 1.54) is 57.1 Å². The van der Waals surface area contributed by atoms with Crippen molar-refractivity contribution < 1.29 is 13.2 Å². The van der Waals surface area contributed by atoms with E-state index in [-0.39, 0.29) is 0 Å². The summed E-state index contributed by atoms with van der Waals surface area (Å²) in [7, 11) is 0. The summed E-state index contributed by atoms with van der Waals surface area (Å²) in [5, 5.41) is 3.23. The highest BCUT2D eigenvalue weighted by molar-refractivity contribution is 5.29. The van der Waals surface area contributed by atoms with Crippen LogP contribution in [0.1, 0.15) is 87.1 Å². The van der Waals surface area contributed by atoms with Crippen molar-refractivity contribution in [3.05, 3.63) is 65.0 Å². The normalized spacial score (nSPS) is 11.2. The van der Waals surface area contributed by atoms with Crippen molar-refractivity contribution in [2.45, 2.75) is 84.0 Å². The Labute approximate surface area is 184 Å². The molecule has 1 N–H and O–H groups in total. The summed E-state index contributed by atoms with van der Waals surface area (Å²) in [6.07, 6.45) is 8.81. The van der Waals surface area contributed by atoms with Gasteiger partial charge in [0.15, 0.2) is 0 Å². The Morgan fingerprint density at radius 1 is 0.806 bits per heavy atom.